The number of unbranched alkanes of at least 4 members (excludes halogenated alkanes) is 1. The van der Waals surface area contributed by atoms with E-state index in [1.807, 2.05) is 11.8 Å². The maximum Gasteiger partial charge on any atom is 0.0155 e. The van der Waals surface area contributed by atoms with Crippen molar-refractivity contribution in [3.63, 3.8) is 0 Å². The summed E-state index contributed by atoms with van der Waals surface area (Å²) in [4.78, 5) is 0. The molecule has 0 aromatic heterocycles. The Morgan fingerprint density at radius 1 is 1.58 bits per heavy atom. The zero-order chi connectivity index (χ0) is 9.23. The maximum absolute atomic E-state index is 5.15. The van der Waals surface area contributed by atoms with E-state index in [4.69, 9.17) is 6.42 Å². The van der Waals surface area contributed by atoms with E-state index in [0.29, 0.717) is 6.04 Å². The molecule has 0 amide bonds. The van der Waals surface area contributed by atoms with Gasteiger partial charge in [-0.25, -0.2) is 0 Å². The second-order valence-electron chi connectivity index (χ2n) is 2.82. The molecule has 0 rings (SSSR count). The van der Waals surface area contributed by atoms with Gasteiger partial charge in [0.05, 0.1) is 0 Å². The molecule has 0 aliphatic rings. The molecule has 1 atom stereocenters. The van der Waals surface area contributed by atoms with Gasteiger partial charge in [0.25, 0.3) is 0 Å². The summed E-state index contributed by atoms with van der Waals surface area (Å²) in [7, 11) is 0. The smallest absolute Gasteiger partial charge is 0.0155 e. The van der Waals surface area contributed by atoms with E-state index in [9.17, 15) is 0 Å². The van der Waals surface area contributed by atoms with E-state index >= 15 is 0 Å². The molecule has 0 saturated heterocycles. The van der Waals surface area contributed by atoms with Gasteiger partial charge in [-0.2, -0.15) is 11.8 Å². The van der Waals surface area contributed by atoms with Crippen molar-refractivity contribution in [2.24, 2.45) is 0 Å². The third-order valence-electron chi connectivity index (χ3n) is 1.79. The predicted molar refractivity (Wildman–Crippen MR) is 58.5 cm³/mol. The minimum absolute atomic E-state index is 0.665. The van der Waals surface area contributed by atoms with E-state index < -0.39 is 0 Å². The van der Waals surface area contributed by atoms with Gasteiger partial charge in [-0.3, -0.25) is 0 Å². The van der Waals surface area contributed by atoms with Crippen molar-refractivity contribution in [2.45, 2.75) is 32.2 Å². The molecule has 0 fully saturated rings. The average Bonchev–Trinajstić information content (AvgIpc) is 2.10. The number of thioether (sulfide) groups is 1. The first kappa shape index (κ1) is 11.9. The lowest BCUT2D eigenvalue weighted by atomic mass is 10.2. The van der Waals surface area contributed by atoms with Crippen LogP contribution in [0.1, 0.15) is 26.2 Å². The van der Waals surface area contributed by atoms with Crippen LogP contribution in [0.15, 0.2) is 0 Å². The van der Waals surface area contributed by atoms with Crippen LogP contribution in [0.5, 0.6) is 0 Å². The zero-order valence-corrected chi connectivity index (χ0v) is 8.91. The van der Waals surface area contributed by atoms with Gasteiger partial charge in [-0.05, 0) is 25.6 Å². The molecule has 0 aliphatic carbocycles. The molecular formula is C10H19NS. The summed E-state index contributed by atoms with van der Waals surface area (Å²) < 4.78 is 0. The second kappa shape index (κ2) is 8.96. The Hall–Kier alpha value is -0.130. The average molecular weight is 185 g/mol. The monoisotopic (exact) mass is 185 g/mol. The normalized spacial score (nSPS) is 12.4. The molecule has 0 aliphatic heterocycles. The summed E-state index contributed by atoms with van der Waals surface area (Å²) >= 11 is 1.90. The fourth-order valence-corrected chi connectivity index (χ4v) is 1.77. The topological polar surface area (TPSA) is 12.0 Å². The first-order valence-corrected chi connectivity index (χ1v) is 5.90. The standard InChI is InChI=1S/C10H19NS/c1-4-6-7-8-11-10(5-2)9-12-3/h1,10-11H,5-9H2,2-3H3. The fraction of sp³-hybridized carbons (Fsp3) is 0.800. The van der Waals surface area contributed by atoms with Gasteiger partial charge in [-0.15, -0.1) is 12.3 Å². The molecule has 1 N–H and O–H groups in total. The lowest BCUT2D eigenvalue weighted by Crippen LogP contribution is -2.31. The molecule has 70 valence electrons. The summed E-state index contributed by atoms with van der Waals surface area (Å²) in [5.41, 5.74) is 0. The highest BCUT2D eigenvalue weighted by molar-refractivity contribution is 7.98. The van der Waals surface area contributed by atoms with Crippen molar-refractivity contribution in [2.75, 3.05) is 18.6 Å². The summed E-state index contributed by atoms with van der Waals surface area (Å²) in [5, 5.41) is 3.49. The van der Waals surface area contributed by atoms with E-state index in [2.05, 4.69) is 24.4 Å². The van der Waals surface area contributed by atoms with Gasteiger partial charge in [0.15, 0.2) is 0 Å². The Balaban J connectivity index is 3.26. The Bertz CT molecular complexity index is 128. The molecule has 0 spiro atoms. The molecular weight excluding hydrogens is 166 g/mol. The molecule has 0 radical (unpaired) electrons. The zero-order valence-electron chi connectivity index (χ0n) is 8.10. The number of hydrogen-bond donors (Lipinski definition) is 1. The van der Waals surface area contributed by atoms with Gasteiger partial charge < -0.3 is 5.32 Å². The summed E-state index contributed by atoms with van der Waals surface area (Å²) in [6, 6.07) is 0.665. The Kier molecular flexibility index (Phi) is 8.86. The largest absolute Gasteiger partial charge is 0.313 e. The van der Waals surface area contributed by atoms with E-state index in [-0.39, 0.29) is 0 Å². The van der Waals surface area contributed by atoms with Crippen LogP contribution < -0.4 is 5.32 Å². The first-order valence-electron chi connectivity index (χ1n) is 4.50. The van der Waals surface area contributed by atoms with Crippen molar-refractivity contribution in [3.8, 4) is 12.3 Å². The molecule has 1 unspecified atom stereocenters. The fourth-order valence-electron chi connectivity index (χ4n) is 1.02. The van der Waals surface area contributed by atoms with E-state index in [1.54, 1.807) is 0 Å². The molecule has 0 aromatic carbocycles. The molecule has 0 saturated carbocycles. The van der Waals surface area contributed by atoms with Gasteiger partial charge in [0, 0.05) is 18.2 Å². The van der Waals surface area contributed by atoms with Gasteiger partial charge in [0.1, 0.15) is 0 Å². The SMILES string of the molecule is C#CCCCNC(CC)CSC. The predicted octanol–water partition coefficient (Wildman–Crippen LogP) is 2.13. The Morgan fingerprint density at radius 3 is 2.83 bits per heavy atom. The van der Waals surface area contributed by atoms with Gasteiger partial charge >= 0.3 is 0 Å². The van der Waals surface area contributed by atoms with Crippen LogP contribution in [-0.4, -0.2) is 24.6 Å². The van der Waals surface area contributed by atoms with Crippen LogP contribution in [0, 0.1) is 12.3 Å². The van der Waals surface area contributed by atoms with Gasteiger partial charge in [0.2, 0.25) is 0 Å². The molecule has 0 aromatic rings. The van der Waals surface area contributed by atoms with Gasteiger partial charge in [-0.1, -0.05) is 6.92 Å². The van der Waals surface area contributed by atoms with E-state index in [0.717, 1.165) is 19.4 Å². The lowest BCUT2D eigenvalue weighted by Gasteiger charge is -2.14. The highest BCUT2D eigenvalue weighted by atomic mass is 32.2. The molecule has 12 heavy (non-hydrogen) atoms. The highest BCUT2D eigenvalue weighted by Crippen LogP contribution is 2.00. The highest BCUT2D eigenvalue weighted by Gasteiger charge is 2.02. The van der Waals surface area contributed by atoms with Crippen molar-refractivity contribution in [1.82, 2.24) is 5.32 Å². The van der Waals surface area contributed by atoms with Crippen LogP contribution in [-0.2, 0) is 0 Å². The second-order valence-corrected chi connectivity index (χ2v) is 3.73. The van der Waals surface area contributed by atoms with Crippen molar-refractivity contribution in [1.29, 1.82) is 0 Å². The third-order valence-corrected chi connectivity index (χ3v) is 2.53. The minimum atomic E-state index is 0.665. The quantitative estimate of drug-likeness (QED) is 0.482. The lowest BCUT2D eigenvalue weighted by molar-refractivity contribution is 0.534. The van der Waals surface area contributed by atoms with Crippen LogP contribution in [0.4, 0.5) is 0 Å². The maximum atomic E-state index is 5.15. The first-order chi connectivity index (χ1) is 5.85. The summed E-state index contributed by atoms with van der Waals surface area (Å²) in [6.07, 6.45) is 10.5. The van der Waals surface area contributed by atoms with E-state index in [1.165, 1.54) is 12.2 Å². The van der Waals surface area contributed by atoms with Crippen molar-refractivity contribution in [3.05, 3.63) is 0 Å². The third kappa shape index (κ3) is 6.57. The summed E-state index contributed by atoms with van der Waals surface area (Å²) in [6.45, 7) is 3.28. The van der Waals surface area contributed by atoms with Crippen molar-refractivity contribution < 1.29 is 0 Å². The van der Waals surface area contributed by atoms with Crippen LogP contribution in [0.25, 0.3) is 0 Å². The number of rotatable bonds is 7. The number of nitrogens with one attached hydrogen (secondary N) is 1. The number of terminal acetylenes is 1. The molecule has 0 bridgehead atoms. The number of hydrogen-bond acceptors (Lipinski definition) is 2. The molecule has 0 heterocycles. The Labute approximate surface area is 80.7 Å². The minimum Gasteiger partial charge on any atom is -0.313 e. The molecule has 1 nitrogen and oxygen atoms in total. The molecule has 2 heteroatoms. The van der Waals surface area contributed by atoms with Crippen molar-refractivity contribution >= 4 is 11.8 Å². The summed E-state index contributed by atoms with van der Waals surface area (Å²) in [5.74, 6) is 3.85. The Morgan fingerprint density at radius 2 is 2.33 bits per heavy atom. The van der Waals surface area contributed by atoms with Crippen LogP contribution >= 0.6 is 11.8 Å². The van der Waals surface area contributed by atoms with Crippen LogP contribution in [0.2, 0.25) is 0 Å². The van der Waals surface area contributed by atoms with Crippen LogP contribution in [0.3, 0.4) is 0 Å².